The molecule has 0 aromatic heterocycles. The second kappa shape index (κ2) is 5.42. The van der Waals surface area contributed by atoms with E-state index in [4.69, 9.17) is 0 Å². The number of hydrogen-bond acceptors (Lipinski definition) is 5. The summed E-state index contributed by atoms with van der Waals surface area (Å²) in [5, 5.41) is 13.4. The van der Waals surface area contributed by atoms with Gasteiger partial charge in [-0.1, -0.05) is 15.9 Å². The van der Waals surface area contributed by atoms with E-state index in [0.717, 1.165) is 4.47 Å². The van der Waals surface area contributed by atoms with E-state index in [9.17, 15) is 14.9 Å². The quantitative estimate of drug-likeness (QED) is 0.558. The Bertz CT molecular complexity index is 465. The highest BCUT2D eigenvalue weighted by Gasteiger charge is 2.41. The van der Waals surface area contributed by atoms with Crippen molar-refractivity contribution in [2.75, 3.05) is 11.9 Å². The van der Waals surface area contributed by atoms with Gasteiger partial charge in [0.15, 0.2) is 6.04 Å². The molecular formula is C10H11BrN4O3. The van der Waals surface area contributed by atoms with Crippen molar-refractivity contribution in [2.24, 2.45) is 0 Å². The van der Waals surface area contributed by atoms with Gasteiger partial charge in [0.05, 0.1) is 6.54 Å². The van der Waals surface area contributed by atoms with Crippen molar-refractivity contribution in [3.8, 4) is 0 Å². The molecule has 0 bridgehead atoms. The van der Waals surface area contributed by atoms with Gasteiger partial charge >= 0.3 is 0 Å². The Hall–Kier alpha value is -1.51. The molecule has 1 fully saturated rings. The number of anilines is 1. The van der Waals surface area contributed by atoms with Crippen molar-refractivity contribution in [3.63, 3.8) is 0 Å². The van der Waals surface area contributed by atoms with Crippen LogP contribution in [0.5, 0.6) is 0 Å². The maximum Gasteiger partial charge on any atom is 0.252 e. The third-order valence-electron chi connectivity index (χ3n) is 2.62. The lowest BCUT2D eigenvalue weighted by Crippen LogP contribution is -2.46. The van der Waals surface area contributed by atoms with Gasteiger partial charge in [-0.3, -0.25) is 14.9 Å². The van der Waals surface area contributed by atoms with Crippen LogP contribution in [0.1, 0.15) is 0 Å². The van der Waals surface area contributed by atoms with Gasteiger partial charge in [-0.2, -0.15) is 0 Å². The van der Waals surface area contributed by atoms with Gasteiger partial charge in [-0.25, -0.2) is 10.9 Å². The van der Waals surface area contributed by atoms with Gasteiger partial charge in [-0.15, -0.1) is 0 Å². The van der Waals surface area contributed by atoms with Crippen molar-refractivity contribution in [3.05, 3.63) is 38.9 Å². The summed E-state index contributed by atoms with van der Waals surface area (Å²) in [6.45, 7) is 0.130. The van der Waals surface area contributed by atoms with E-state index in [2.05, 4.69) is 32.1 Å². The number of nitrogens with one attached hydrogen (secondary N) is 3. The van der Waals surface area contributed by atoms with Crippen LogP contribution in [0.2, 0.25) is 0 Å². The maximum atomic E-state index is 11.9. The lowest BCUT2D eigenvalue weighted by atomic mass is 10.1. The third kappa shape index (κ3) is 2.84. The summed E-state index contributed by atoms with van der Waals surface area (Å²) in [5.41, 5.74) is 5.82. The van der Waals surface area contributed by atoms with Gasteiger partial charge in [0, 0.05) is 15.1 Å². The van der Waals surface area contributed by atoms with Gasteiger partial charge in [-0.05, 0) is 24.3 Å². The van der Waals surface area contributed by atoms with Crippen molar-refractivity contribution >= 4 is 27.5 Å². The lowest BCUT2D eigenvalue weighted by Gasteiger charge is -2.12. The molecule has 7 nitrogen and oxygen atoms in total. The van der Waals surface area contributed by atoms with Crippen molar-refractivity contribution in [2.45, 2.75) is 12.1 Å². The largest absolute Gasteiger partial charge is 0.324 e. The number of amides is 1. The molecule has 0 aliphatic carbocycles. The smallest absolute Gasteiger partial charge is 0.252 e. The number of nitro groups is 1. The fourth-order valence-corrected chi connectivity index (χ4v) is 1.94. The number of carbonyl (C=O) groups excluding carboxylic acids is 1. The number of halogens is 1. The molecule has 1 aromatic rings. The molecule has 18 heavy (non-hydrogen) atoms. The van der Waals surface area contributed by atoms with Crippen LogP contribution in [0, 0.1) is 10.1 Å². The molecule has 1 aliphatic heterocycles. The number of nitrogens with zero attached hydrogens (tertiary/aromatic N) is 1. The predicted molar refractivity (Wildman–Crippen MR) is 68.5 cm³/mol. The van der Waals surface area contributed by atoms with Crippen molar-refractivity contribution in [1.29, 1.82) is 0 Å². The monoisotopic (exact) mass is 314 g/mol. The van der Waals surface area contributed by atoms with E-state index in [-0.39, 0.29) is 6.54 Å². The second-order valence-electron chi connectivity index (χ2n) is 3.85. The first kappa shape index (κ1) is 12.9. The Labute approximate surface area is 111 Å². The molecule has 2 atom stereocenters. The summed E-state index contributed by atoms with van der Waals surface area (Å²) in [6, 6.07) is 5.16. The summed E-state index contributed by atoms with van der Waals surface area (Å²) in [5.74, 6) is -0.427. The summed E-state index contributed by atoms with van der Waals surface area (Å²) in [4.78, 5) is 22.2. The summed E-state index contributed by atoms with van der Waals surface area (Å²) >= 11 is 3.28. The number of benzene rings is 1. The fraction of sp³-hybridized carbons (Fsp3) is 0.300. The molecular weight excluding hydrogens is 304 g/mol. The van der Waals surface area contributed by atoms with Crippen LogP contribution < -0.4 is 16.2 Å². The lowest BCUT2D eigenvalue weighted by molar-refractivity contribution is -0.517. The Balaban J connectivity index is 2.03. The van der Waals surface area contributed by atoms with Crippen LogP contribution in [0.4, 0.5) is 5.69 Å². The third-order valence-corrected chi connectivity index (χ3v) is 3.15. The normalized spacial score (nSPS) is 22.7. The minimum Gasteiger partial charge on any atom is -0.324 e. The number of hydrazine groups is 1. The molecule has 1 saturated heterocycles. The first-order chi connectivity index (χ1) is 8.58. The predicted octanol–water partition coefficient (Wildman–Crippen LogP) is 0.509. The van der Waals surface area contributed by atoms with Gasteiger partial charge < -0.3 is 5.32 Å². The molecule has 0 spiro atoms. The maximum absolute atomic E-state index is 11.9. The highest BCUT2D eigenvalue weighted by molar-refractivity contribution is 9.10. The summed E-state index contributed by atoms with van der Waals surface area (Å²) in [7, 11) is 0. The fourth-order valence-electron chi connectivity index (χ4n) is 1.68. The van der Waals surface area contributed by atoms with E-state index in [1.165, 1.54) is 0 Å². The molecule has 2 rings (SSSR count). The van der Waals surface area contributed by atoms with E-state index in [1.54, 1.807) is 24.3 Å². The van der Waals surface area contributed by atoms with E-state index >= 15 is 0 Å². The topological polar surface area (TPSA) is 96.3 Å². The van der Waals surface area contributed by atoms with E-state index in [0.29, 0.717) is 5.69 Å². The first-order valence-corrected chi connectivity index (χ1v) is 6.05. The van der Waals surface area contributed by atoms with Gasteiger partial charge in [0.2, 0.25) is 5.91 Å². The minimum atomic E-state index is -0.958. The van der Waals surface area contributed by atoms with Crippen LogP contribution in [0.25, 0.3) is 0 Å². The SMILES string of the molecule is O=C(Nc1ccc(Br)cc1)C1NNCC1[N+](=O)[O-]. The summed E-state index contributed by atoms with van der Waals surface area (Å²) in [6.07, 6.45) is 0. The highest BCUT2D eigenvalue weighted by atomic mass is 79.9. The zero-order valence-electron chi connectivity index (χ0n) is 9.22. The number of carbonyl (C=O) groups is 1. The average Bonchev–Trinajstić information content (AvgIpc) is 2.81. The molecule has 0 radical (unpaired) electrons. The van der Waals surface area contributed by atoms with E-state index in [1.807, 2.05) is 0 Å². The summed E-state index contributed by atoms with van der Waals surface area (Å²) < 4.78 is 0.893. The van der Waals surface area contributed by atoms with E-state index < -0.39 is 22.9 Å². The molecule has 3 N–H and O–H groups in total. The van der Waals surface area contributed by atoms with Crippen LogP contribution in [0.15, 0.2) is 28.7 Å². The Morgan fingerprint density at radius 3 is 2.72 bits per heavy atom. The molecule has 0 saturated carbocycles. The zero-order chi connectivity index (χ0) is 13.1. The zero-order valence-corrected chi connectivity index (χ0v) is 10.8. The van der Waals surface area contributed by atoms with Crippen LogP contribution >= 0.6 is 15.9 Å². The first-order valence-electron chi connectivity index (χ1n) is 5.26. The Kier molecular flexibility index (Phi) is 3.90. The van der Waals surface area contributed by atoms with Crippen LogP contribution in [-0.2, 0) is 4.79 Å². The standard InChI is InChI=1S/C10H11BrN4O3/c11-6-1-3-7(4-2-6)13-10(16)9-8(15(17)18)5-12-14-9/h1-4,8-9,12,14H,5H2,(H,13,16). The Morgan fingerprint density at radius 1 is 1.44 bits per heavy atom. The van der Waals surface area contributed by atoms with Crippen molar-refractivity contribution < 1.29 is 9.72 Å². The molecule has 8 heteroatoms. The van der Waals surface area contributed by atoms with Gasteiger partial charge in [0.25, 0.3) is 6.04 Å². The second-order valence-corrected chi connectivity index (χ2v) is 4.77. The number of hydrogen-bond donors (Lipinski definition) is 3. The number of rotatable bonds is 3. The molecule has 2 unspecified atom stereocenters. The highest BCUT2D eigenvalue weighted by Crippen LogP contribution is 2.15. The average molecular weight is 315 g/mol. The Morgan fingerprint density at radius 2 is 2.11 bits per heavy atom. The van der Waals surface area contributed by atoms with Gasteiger partial charge in [0.1, 0.15) is 0 Å². The molecule has 1 aliphatic rings. The minimum absolute atomic E-state index is 0.130. The molecule has 1 heterocycles. The van der Waals surface area contributed by atoms with Crippen molar-refractivity contribution in [1.82, 2.24) is 10.9 Å². The van der Waals surface area contributed by atoms with Crippen LogP contribution in [-0.4, -0.2) is 29.5 Å². The van der Waals surface area contributed by atoms with Crippen LogP contribution in [0.3, 0.4) is 0 Å². The molecule has 96 valence electrons. The molecule has 1 amide bonds. The molecule has 1 aromatic carbocycles.